The number of nitrogens with one attached hydrogen (secondary N) is 1. The largest absolute Gasteiger partial charge is 0.396 e. The highest BCUT2D eigenvalue weighted by Gasteiger charge is 2.59. The molecule has 5 atom stereocenters. The lowest BCUT2D eigenvalue weighted by Crippen LogP contribution is -2.57. The van der Waals surface area contributed by atoms with Crippen LogP contribution >= 0.6 is 11.3 Å². The van der Waals surface area contributed by atoms with Crippen molar-refractivity contribution in [2.45, 2.75) is 65.4 Å². The minimum Gasteiger partial charge on any atom is -0.396 e. The van der Waals surface area contributed by atoms with E-state index in [1.165, 1.54) is 29.5 Å². The van der Waals surface area contributed by atoms with Crippen molar-refractivity contribution in [1.82, 2.24) is 9.88 Å². The topological polar surface area (TPSA) is 103 Å². The predicted molar refractivity (Wildman–Crippen MR) is 137 cm³/mol. The fourth-order valence-corrected chi connectivity index (χ4v) is 7.44. The molecule has 0 spiro atoms. The zero-order valence-electron chi connectivity index (χ0n) is 21.4. The van der Waals surface area contributed by atoms with Crippen LogP contribution in [-0.4, -0.2) is 57.7 Å². The molecule has 4 rings (SSSR count). The molecule has 1 saturated carbocycles. The highest BCUT2D eigenvalue weighted by Crippen LogP contribution is 2.62. The SMILES string of the molecule is CCN(CC)C(=O)C[C@H]1c2nc(NC(=O)c3cccc(F)c3)sc2C[C@H]2[C@](C)(CO)[C@H](O)CC[C@]21C. The van der Waals surface area contributed by atoms with E-state index in [9.17, 15) is 24.2 Å². The third-order valence-corrected chi connectivity index (χ3v) is 9.70. The third-order valence-electron chi connectivity index (χ3n) is 8.70. The standard InChI is InChI=1S/C27H36FN3O4S/c1-5-31(6-2)22(34)13-18-23-19(14-20-26(18,3)11-10-21(33)27(20,4)15-32)36-25(29-23)30-24(35)16-8-7-9-17(28)12-16/h7-9,12,18,20-21,32-33H,5-6,10-11,13-15H2,1-4H3,(H,29,30,35)/t18-,20+,21+,26-,27-/m0/s1. The van der Waals surface area contributed by atoms with Crippen molar-refractivity contribution in [1.29, 1.82) is 0 Å². The van der Waals surface area contributed by atoms with Gasteiger partial charge in [0.05, 0.1) is 18.4 Å². The van der Waals surface area contributed by atoms with E-state index in [1.807, 2.05) is 25.7 Å². The second kappa shape index (κ2) is 10.2. The number of nitrogens with zero attached hydrogens (tertiary/aromatic N) is 2. The summed E-state index contributed by atoms with van der Waals surface area (Å²) in [6.07, 6.45) is 1.50. The Morgan fingerprint density at radius 2 is 2.00 bits per heavy atom. The fraction of sp³-hybridized carbons (Fsp3) is 0.593. The predicted octanol–water partition coefficient (Wildman–Crippen LogP) is 4.21. The number of fused-ring (bicyclic) bond motifs is 2. The lowest BCUT2D eigenvalue weighted by Gasteiger charge is -2.58. The van der Waals surface area contributed by atoms with E-state index in [-0.39, 0.29) is 41.7 Å². The third kappa shape index (κ3) is 4.57. The smallest absolute Gasteiger partial charge is 0.257 e. The first-order chi connectivity index (χ1) is 17.1. The number of aromatic nitrogens is 1. The Labute approximate surface area is 215 Å². The van der Waals surface area contributed by atoms with Gasteiger partial charge in [-0.2, -0.15) is 0 Å². The summed E-state index contributed by atoms with van der Waals surface area (Å²) in [5.41, 5.74) is -0.0563. The van der Waals surface area contributed by atoms with Crippen molar-refractivity contribution in [2.75, 3.05) is 25.0 Å². The van der Waals surface area contributed by atoms with Crippen LogP contribution in [0.1, 0.15) is 73.8 Å². The Morgan fingerprint density at radius 1 is 1.28 bits per heavy atom. The van der Waals surface area contributed by atoms with Gasteiger partial charge >= 0.3 is 0 Å². The molecule has 3 N–H and O–H groups in total. The first-order valence-electron chi connectivity index (χ1n) is 12.7. The maximum atomic E-state index is 13.6. The van der Waals surface area contributed by atoms with E-state index in [2.05, 4.69) is 12.2 Å². The van der Waals surface area contributed by atoms with Crippen molar-refractivity contribution in [3.8, 4) is 0 Å². The molecule has 7 nitrogen and oxygen atoms in total. The summed E-state index contributed by atoms with van der Waals surface area (Å²) >= 11 is 1.36. The van der Waals surface area contributed by atoms with Crippen LogP contribution in [0.25, 0.3) is 0 Å². The summed E-state index contributed by atoms with van der Waals surface area (Å²) in [7, 11) is 0. The van der Waals surface area contributed by atoms with Crippen LogP contribution < -0.4 is 5.32 Å². The lowest BCUT2D eigenvalue weighted by atomic mass is 9.47. The van der Waals surface area contributed by atoms with Crippen molar-refractivity contribution in [2.24, 2.45) is 16.7 Å². The Hall–Kier alpha value is -2.36. The number of rotatable bonds is 7. The second-order valence-electron chi connectivity index (χ2n) is 10.6. The number of carbonyl (C=O) groups is 2. The Kier molecular flexibility index (Phi) is 7.55. The molecule has 9 heteroatoms. The summed E-state index contributed by atoms with van der Waals surface area (Å²) in [4.78, 5) is 33.6. The molecule has 0 bridgehead atoms. The molecule has 2 amide bonds. The number of amides is 2. The van der Waals surface area contributed by atoms with E-state index >= 15 is 0 Å². The minimum absolute atomic E-state index is 0.0491. The van der Waals surface area contributed by atoms with Gasteiger partial charge in [-0.25, -0.2) is 9.37 Å². The fourth-order valence-electron chi connectivity index (χ4n) is 6.38. The first kappa shape index (κ1) is 26.7. The molecular weight excluding hydrogens is 481 g/mol. The van der Waals surface area contributed by atoms with Gasteiger partial charge in [-0.15, -0.1) is 11.3 Å². The molecule has 36 heavy (non-hydrogen) atoms. The molecule has 2 aliphatic rings. The number of carbonyl (C=O) groups excluding carboxylic acids is 2. The maximum absolute atomic E-state index is 13.6. The van der Waals surface area contributed by atoms with Crippen molar-refractivity contribution in [3.63, 3.8) is 0 Å². The van der Waals surface area contributed by atoms with Crippen LogP contribution in [0, 0.1) is 22.6 Å². The van der Waals surface area contributed by atoms with Crippen LogP contribution in [-0.2, 0) is 11.2 Å². The van der Waals surface area contributed by atoms with Gasteiger partial charge in [0.25, 0.3) is 5.91 Å². The number of hydrogen-bond acceptors (Lipinski definition) is 6. The molecule has 196 valence electrons. The molecule has 2 aliphatic carbocycles. The van der Waals surface area contributed by atoms with Gasteiger partial charge in [0.2, 0.25) is 5.91 Å². The van der Waals surface area contributed by atoms with Gasteiger partial charge in [-0.3, -0.25) is 14.9 Å². The molecule has 2 aromatic rings. The number of anilines is 1. The van der Waals surface area contributed by atoms with E-state index in [4.69, 9.17) is 4.98 Å². The summed E-state index contributed by atoms with van der Waals surface area (Å²) in [5.74, 6) is -1.17. The monoisotopic (exact) mass is 517 g/mol. The number of benzene rings is 1. The van der Waals surface area contributed by atoms with Crippen molar-refractivity contribution >= 4 is 28.3 Å². The highest BCUT2D eigenvalue weighted by atomic mass is 32.1. The molecular formula is C27H36FN3O4S. The quantitative estimate of drug-likeness (QED) is 0.511. The summed E-state index contributed by atoms with van der Waals surface area (Å²) < 4.78 is 13.6. The molecule has 0 saturated heterocycles. The Morgan fingerprint density at radius 3 is 2.64 bits per heavy atom. The second-order valence-corrected chi connectivity index (χ2v) is 11.7. The summed E-state index contributed by atoms with van der Waals surface area (Å²) in [6, 6.07) is 5.49. The van der Waals surface area contributed by atoms with Crippen LogP contribution in [0.4, 0.5) is 9.52 Å². The van der Waals surface area contributed by atoms with Crippen LogP contribution in [0.3, 0.4) is 0 Å². The van der Waals surface area contributed by atoms with Gasteiger partial charge in [0, 0.05) is 41.3 Å². The van der Waals surface area contributed by atoms with Crippen LogP contribution in [0.5, 0.6) is 0 Å². The normalized spacial score (nSPS) is 29.2. The molecule has 1 aromatic carbocycles. The van der Waals surface area contributed by atoms with Crippen LogP contribution in [0.2, 0.25) is 0 Å². The maximum Gasteiger partial charge on any atom is 0.257 e. The first-order valence-corrected chi connectivity index (χ1v) is 13.5. The average Bonchev–Trinajstić information content (AvgIpc) is 3.25. The molecule has 0 aliphatic heterocycles. The number of halogens is 1. The molecule has 1 heterocycles. The summed E-state index contributed by atoms with van der Waals surface area (Å²) in [5, 5.41) is 24.5. The minimum atomic E-state index is -0.712. The van der Waals surface area contributed by atoms with Gasteiger partial charge in [0.15, 0.2) is 5.13 Å². The van der Waals surface area contributed by atoms with E-state index in [1.54, 1.807) is 6.07 Å². The summed E-state index contributed by atoms with van der Waals surface area (Å²) in [6.45, 7) is 9.10. The van der Waals surface area contributed by atoms with Crippen LogP contribution in [0.15, 0.2) is 24.3 Å². The van der Waals surface area contributed by atoms with Crippen molar-refractivity contribution in [3.05, 3.63) is 46.2 Å². The Bertz CT molecular complexity index is 1140. The highest BCUT2D eigenvalue weighted by molar-refractivity contribution is 7.15. The van der Waals surface area contributed by atoms with E-state index < -0.39 is 23.2 Å². The van der Waals surface area contributed by atoms with Gasteiger partial charge in [-0.05, 0) is 62.6 Å². The zero-order chi connectivity index (χ0) is 26.3. The number of hydrogen-bond donors (Lipinski definition) is 3. The number of aliphatic hydroxyl groups is 2. The van der Waals surface area contributed by atoms with Gasteiger partial charge in [0.1, 0.15) is 5.82 Å². The van der Waals surface area contributed by atoms with Gasteiger partial charge in [-0.1, -0.05) is 19.9 Å². The number of thiazole rings is 1. The van der Waals surface area contributed by atoms with Gasteiger partial charge < -0.3 is 15.1 Å². The lowest BCUT2D eigenvalue weighted by molar-refractivity contribution is -0.147. The average molecular weight is 518 g/mol. The molecule has 0 unspecified atom stereocenters. The Balaban J connectivity index is 1.73. The number of aliphatic hydroxyl groups excluding tert-OH is 2. The molecule has 0 radical (unpaired) electrons. The van der Waals surface area contributed by atoms with Crippen molar-refractivity contribution < 1.29 is 24.2 Å². The molecule has 1 fully saturated rings. The molecule has 1 aromatic heterocycles. The van der Waals surface area contributed by atoms with E-state index in [0.717, 1.165) is 10.6 Å². The van der Waals surface area contributed by atoms with E-state index in [0.29, 0.717) is 37.5 Å². The zero-order valence-corrected chi connectivity index (χ0v) is 22.2.